The third-order valence-corrected chi connectivity index (χ3v) is 6.08. The number of benzene rings is 1. The predicted molar refractivity (Wildman–Crippen MR) is 82.4 cm³/mol. The first-order chi connectivity index (χ1) is 10.3. The Balaban J connectivity index is 1.60. The fraction of sp³-hybridized carbons (Fsp3) is 0.667. The molecule has 1 aliphatic heterocycles. The summed E-state index contributed by atoms with van der Waals surface area (Å²) in [6.07, 6.45) is 5.93. The zero-order valence-electron chi connectivity index (χ0n) is 12.7. The van der Waals surface area contributed by atoms with Crippen LogP contribution in [0.2, 0.25) is 0 Å². The number of rotatable bonds is 2. The van der Waals surface area contributed by atoms with Crippen molar-refractivity contribution < 1.29 is 9.84 Å². The highest BCUT2D eigenvalue weighted by atomic mass is 16.5. The van der Waals surface area contributed by atoms with E-state index in [-0.39, 0.29) is 6.10 Å². The number of aliphatic hydroxyl groups excluding tert-OH is 1. The largest absolute Gasteiger partial charge is 0.497 e. The van der Waals surface area contributed by atoms with Gasteiger partial charge in [-0.3, -0.25) is 0 Å². The molecule has 5 atom stereocenters. The number of fused-ring (bicyclic) bond motifs is 2. The Morgan fingerprint density at radius 2 is 2.10 bits per heavy atom. The van der Waals surface area contributed by atoms with Crippen LogP contribution in [0.4, 0.5) is 0 Å². The van der Waals surface area contributed by atoms with Crippen molar-refractivity contribution in [3.05, 3.63) is 29.3 Å². The van der Waals surface area contributed by atoms with Crippen LogP contribution in [0.5, 0.6) is 5.75 Å². The smallest absolute Gasteiger partial charge is 0.119 e. The van der Waals surface area contributed by atoms with Gasteiger partial charge in [0.1, 0.15) is 5.75 Å². The number of methoxy groups -OCH3 is 1. The number of ether oxygens (including phenoxy) is 1. The second kappa shape index (κ2) is 5.29. The molecule has 114 valence electrons. The van der Waals surface area contributed by atoms with Gasteiger partial charge in [-0.15, -0.1) is 0 Å². The van der Waals surface area contributed by atoms with E-state index in [2.05, 4.69) is 11.4 Å². The van der Waals surface area contributed by atoms with Crippen LogP contribution in [-0.2, 0) is 6.42 Å². The van der Waals surface area contributed by atoms with Gasteiger partial charge in [-0.25, -0.2) is 0 Å². The number of nitrogens with one attached hydrogen (secondary N) is 1. The van der Waals surface area contributed by atoms with Crippen molar-refractivity contribution in [1.82, 2.24) is 5.32 Å². The van der Waals surface area contributed by atoms with Gasteiger partial charge in [-0.1, -0.05) is 12.5 Å². The predicted octanol–water partition coefficient (Wildman–Crippen LogP) is 2.68. The average Bonchev–Trinajstić information content (AvgIpc) is 3.11. The molecule has 21 heavy (non-hydrogen) atoms. The van der Waals surface area contributed by atoms with E-state index in [9.17, 15) is 5.11 Å². The van der Waals surface area contributed by atoms with Gasteiger partial charge < -0.3 is 15.2 Å². The maximum absolute atomic E-state index is 10.9. The lowest BCUT2D eigenvalue weighted by molar-refractivity contribution is 0.0617. The van der Waals surface area contributed by atoms with Crippen molar-refractivity contribution in [2.45, 2.75) is 44.2 Å². The molecule has 2 N–H and O–H groups in total. The van der Waals surface area contributed by atoms with Crippen LogP contribution < -0.4 is 10.1 Å². The summed E-state index contributed by atoms with van der Waals surface area (Å²) >= 11 is 0. The van der Waals surface area contributed by atoms with Gasteiger partial charge in [0, 0.05) is 12.0 Å². The molecule has 0 aromatic heterocycles. The molecule has 0 spiro atoms. The maximum Gasteiger partial charge on any atom is 0.119 e. The summed E-state index contributed by atoms with van der Waals surface area (Å²) in [4.78, 5) is 0. The Labute approximate surface area is 126 Å². The first-order valence-corrected chi connectivity index (χ1v) is 8.36. The molecule has 2 fully saturated rings. The highest BCUT2D eigenvalue weighted by molar-refractivity contribution is 5.39. The van der Waals surface area contributed by atoms with Crippen molar-refractivity contribution in [1.29, 1.82) is 0 Å². The average molecular weight is 287 g/mol. The van der Waals surface area contributed by atoms with E-state index >= 15 is 0 Å². The molecule has 1 heterocycles. The second-order valence-electron chi connectivity index (χ2n) is 7.00. The lowest BCUT2D eigenvalue weighted by Gasteiger charge is -2.36. The molecule has 5 unspecified atom stereocenters. The molecule has 0 amide bonds. The van der Waals surface area contributed by atoms with Gasteiger partial charge >= 0.3 is 0 Å². The first kappa shape index (κ1) is 13.6. The molecule has 4 rings (SSSR count). The fourth-order valence-electron chi connectivity index (χ4n) is 4.99. The van der Waals surface area contributed by atoms with Crippen LogP contribution in [0.15, 0.2) is 18.2 Å². The van der Waals surface area contributed by atoms with E-state index in [1.54, 1.807) is 7.11 Å². The van der Waals surface area contributed by atoms with E-state index in [0.717, 1.165) is 42.5 Å². The molecule has 3 heteroatoms. The molecule has 1 saturated heterocycles. The molecule has 0 bridgehead atoms. The SMILES string of the molecule is COc1ccc2c(c1)C(O)C(C1NCC3CCCC31)CC2. The summed E-state index contributed by atoms with van der Waals surface area (Å²) in [6, 6.07) is 6.67. The second-order valence-corrected chi connectivity index (χ2v) is 7.00. The molecular weight excluding hydrogens is 262 g/mol. The molecular formula is C18H25NO2. The monoisotopic (exact) mass is 287 g/mol. The quantitative estimate of drug-likeness (QED) is 0.879. The van der Waals surface area contributed by atoms with E-state index in [1.165, 1.54) is 24.8 Å². The maximum atomic E-state index is 10.9. The van der Waals surface area contributed by atoms with Gasteiger partial charge in [0.2, 0.25) is 0 Å². The van der Waals surface area contributed by atoms with Gasteiger partial charge in [0.25, 0.3) is 0 Å². The summed E-state index contributed by atoms with van der Waals surface area (Å²) in [5.74, 6) is 2.86. The van der Waals surface area contributed by atoms with Crippen LogP contribution in [0, 0.1) is 17.8 Å². The van der Waals surface area contributed by atoms with Crippen LogP contribution >= 0.6 is 0 Å². The topological polar surface area (TPSA) is 41.5 Å². The van der Waals surface area contributed by atoms with Crippen molar-refractivity contribution in [3.8, 4) is 5.75 Å². The zero-order valence-corrected chi connectivity index (χ0v) is 12.7. The molecule has 2 aliphatic carbocycles. The van der Waals surface area contributed by atoms with Crippen molar-refractivity contribution in [2.75, 3.05) is 13.7 Å². The number of aryl methyl sites for hydroxylation is 1. The van der Waals surface area contributed by atoms with E-state index in [0.29, 0.717) is 12.0 Å². The lowest BCUT2D eigenvalue weighted by atomic mass is 9.74. The lowest BCUT2D eigenvalue weighted by Crippen LogP contribution is -2.40. The van der Waals surface area contributed by atoms with Crippen molar-refractivity contribution >= 4 is 0 Å². The Bertz CT molecular complexity index is 530. The van der Waals surface area contributed by atoms with Crippen molar-refractivity contribution in [2.24, 2.45) is 17.8 Å². The third kappa shape index (κ3) is 2.18. The van der Waals surface area contributed by atoms with E-state index in [4.69, 9.17) is 4.74 Å². The Morgan fingerprint density at radius 1 is 1.19 bits per heavy atom. The van der Waals surface area contributed by atoms with E-state index < -0.39 is 0 Å². The van der Waals surface area contributed by atoms with Crippen LogP contribution in [0.3, 0.4) is 0 Å². The van der Waals surface area contributed by atoms with Crippen molar-refractivity contribution in [3.63, 3.8) is 0 Å². The fourth-order valence-corrected chi connectivity index (χ4v) is 4.99. The highest BCUT2D eigenvalue weighted by Gasteiger charge is 2.45. The normalized spacial score (nSPS) is 38.1. The summed E-state index contributed by atoms with van der Waals surface area (Å²) in [5, 5.41) is 14.7. The number of hydrogen-bond acceptors (Lipinski definition) is 3. The summed E-state index contributed by atoms with van der Waals surface area (Å²) in [5.41, 5.74) is 2.38. The minimum atomic E-state index is -0.347. The molecule has 1 aromatic rings. The standard InChI is InChI=1S/C18H25NO2/c1-21-13-7-5-11-6-8-15(18(20)16(11)9-13)17-14-4-2-3-12(14)10-19-17/h5,7,9,12,14-15,17-20H,2-4,6,8,10H2,1H3. The molecule has 0 radical (unpaired) electrons. The number of aliphatic hydroxyl groups is 1. The Hall–Kier alpha value is -1.06. The van der Waals surface area contributed by atoms with Crippen LogP contribution in [-0.4, -0.2) is 24.8 Å². The Kier molecular flexibility index (Phi) is 3.43. The molecule has 3 aliphatic rings. The first-order valence-electron chi connectivity index (χ1n) is 8.36. The van der Waals surface area contributed by atoms with Gasteiger partial charge in [0.15, 0.2) is 0 Å². The summed E-state index contributed by atoms with van der Waals surface area (Å²) < 4.78 is 5.33. The molecule has 1 aromatic carbocycles. The molecule has 1 saturated carbocycles. The van der Waals surface area contributed by atoms with Gasteiger partial charge in [-0.2, -0.15) is 0 Å². The molecule has 3 nitrogen and oxygen atoms in total. The summed E-state index contributed by atoms with van der Waals surface area (Å²) in [6.45, 7) is 1.16. The van der Waals surface area contributed by atoms with Gasteiger partial charge in [-0.05, 0) is 67.3 Å². The number of hydrogen-bond donors (Lipinski definition) is 2. The van der Waals surface area contributed by atoms with E-state index in [1.807, 2.05) is 12.1 Å². The highest BCUT2D eigenvalue weighted by Crippen LogP contribution is 2.46. The van der Waals surface area contributed by atoms with Crippen LogP contribution in [0.25, 0.3) is 0 Å². The zero-order chi connectivity index (χ0) is 14.4. The summed E-state index contributed by atoms with van der Waals surface area (Å²) in [7, 11) is 1.69. The van der Waals surface area contributed by atoms with Crippen LogP contribution in [0.1, 0.15) is 42.9 Å². The van der Waals surface area contributed by atoms with Gasteiger partial charge in [0.05, 0.1) is 13.2 Å². The Morgan fingerprint density at radius 3 is 2.95 bits per heavy atom. The minimum absolute atomic E-state index is 0.347. The minimum Gasteiger partial charge on any atom is -0.497 e. The third-order valence-electron chi connectivity index (χ3n) is 6.08.